The molecule has 0 atom stereocenters. The first-order chi connectivity index (χ1) is 13.1. The van der Waals surface area contributed by atoms with Gasteiger partial charge in [-0.15, -0.1) is 23.8 Å². The second kappa shape index (κ2) is 31.7. The topological polar surface area (TPSA) is 36.4 Å². The summed E-state index contributed by atoms with van der Waals surface area (Å²) in [6.07, 6.45) is 12.8. The second-order valence-electron chi connectivity index (χ2n) is 7.32. The van der Waals surface area contributed by atoms with Crippen molar-refractivity contribution in [3.8, 4) is 0 Å². The van der Waals surface area contributed by atoms with E-state index in [0.717, 1.165) is 0 Å². The van der Waals surface area contributed by atoms with Crippen LogP contribution in [0.15, 0.2) is 0 Å². The summed E-state index contributed by atoms with van der Waals surface area (Å²) >= 11 is 0. The van der Waals surface area contributed by atoms with Crippen LogP contribution < -0.4 is 0 Å². The van der Waals surface area contributed by atoms with Crippen LogP contribution in [0.4, 0.5) is 0 Å². The average molecular weight is 571 g/mol. The molecule has 0 aliphatic carbocycles. The molecule has 0 N–H and O–H groups in total. The van der Waals surface area contributed by atoms with Crippen LogP contribution in [0.2, 0.25) is 19.6 Å². The molecule has 0 heterocycles. The zero-order valence-electron chi connectivity index (χ0n) is 21.9. The average Bonchev–Trinajstić information content (AvgIpc) is 2.67. The molecule has 0 aromatic heterocycles. The van der Waals surface area contributed by atoms with Gasteiger partial charge in [0.25, 0.3) is 0 Å². The fourth-order valence-electron chi connectivity index (χ4n) is 2.16. The largest absolute Gasteiger partial charge is 0.408 e. The Hall–Kier alpha value is 1.51. The van der Waals surface area contributed by atoms with E-state index in [1.54, 1.807) is 0 Å². The number of hydrogen-bond donors (Lipinski definition) is 0. The number of rotatable bonds is 10. The minimum absolute atomic E-state index is 0. The SMILES string of the molecule is CCP(CC)CC.CCP(CC)CC.CCP(CC)CC.C[Si](C)(C)[C-]=[N+]=[N-].[Rh]. The third-order valence-electron chi connectivity index (χ3n) is 4.41. The van der Waals surface area contributed by atoms with Gasteiger partial charge >= 0.3 is 0 Å². The summed E-state index contributed by atoms with van der Waals surface area (Å²) in [6, 6.07) is 0. The normalized spacial score (nSPS) is 9.90. The molecule has 0 aromatic carbocycles. The molecule has 29 heavy (non-hydrogen) atoms. The Labute approximate surface area is 204 Å². The summed E-state index contributed by atoms with van der Waals surface area (Å²) < 4.78 is 0. The summed E-state index contributed by atoms with van der Waals surface area (Å²) in [5, 5.41) is 0. The molecule has 0 aromatic rings. The van der Waals surface area contributed by atoms with E-state index in [9.17, 15) is 0 Å². The molecule has 0 spiro atoms. The summed E-state index contributed by atoms with van der Waals surface area (Å²) in [6.45, 7) is 26.8. The van der Waals surface area contributed by atoms with Crippen molar-refractivity contribution >= 4 is 37.7 Å². The van der Waals surface area contributed by atoms with Crippen molar-refractivity contribution in [2.45, 2.75) is 82.0 Å². The molecule has 0 aliphatic rings. The molecule has 0 fully saturated rings. The van der Waals surface area contributed by atoms with Gasteiger partial charge in [0.1, 0.15) is 0 Å². The van der Waals surface area contributed by atoms with Crippen molar-refractivity contribution < 1.29 is 24.3 Å². The van der Waals surface area contributed by atoms with Gasteiger partial charge < -0.3 is 10.3 Å². The Morgan fingerprint density at radius 1 is 0.552 bits per heavy atom. The Balaban J connectivity index is -0.0000000873. The standard InChI is InChI=1S/3C6H15P.C4H9N2Si.Rh/c3*1-4-7(5-2)6-3;1-7(2,3)4-6-5;/h3*4-6H2,1-3H3;1-3H3;/q;;;-1;. The first-order valence-corrected chi connectivity index (χ1v) is 20.6. The molecule has 0 unspecified atom stereocenters. The van der Waals surface area contributed by atoms with E-state index >= 15 is 0 Å². The van der Waals surface area contributed by atoms with Crippen LogP contribution in [0.3, 0.4) is 0 Å². The Kier molecular flexibility index (Phi) is 44.6. The van der Waals surface area contributed by atoms with Gasteiger partial charge in [0, 0.05) is 19.5 Å². The molecule has 1 radical (unpaired) electrons. The first kappa shape index (κ1) is 40.8. The van der Waals surface area contributed by atoms with E-state index in [4.69, 9.17) is 5.53 Å². The Bertz CT molecular complexity index is 279. The van der Waals surface area contributed by atoms with Crippen molar-refractivity contribution in [2.24, 2.45) is 0 Å². The van der Waals surface area contributed by atoms with Gasteiger partial charge in [-0.25, -0.2) is 0 Å². The Morgan fingerprint density at radius 3 is 0.724 bits per heavy atom. The van der Waals surface area contributed by atoms with Crippen LogP contribution in [0.1, 0.15) is 62.3 Å². The molecule has 2 nitrogen and oxygen atoms in total. The van der Waals surface area contributed by atoms with Gasteiger partial charge in [0.05, 0.1) is 0 Å². The van der Waals surface area contributed by atoms with Crippen LogP contribution in [-0.2, 0) is 19.5 Å². The predicted octanol–water partition coefficient (Wildman–Crippen LogP) is 8.62. The number of hydrogen-bond acceptors (Lipinski definition) is 0. The van der Waals surface area contributed by atoms with Gasteiger partial charge in [0.15, 0.2) is 0 Å². The molecule has 0 saturated heterocycles. The van der Waals surface area contributed by atoms with Crippen molar-refractivity contribution in [1.29, 1.82) is 0 Å². The molecular weight excluding hydrogens is 516 g/mol. The van der Waals surface area contributed by atoms with E-state index < -0.39 is 8.07 Å². The molecule has 0 bridgehead atoms. The van der Waals surface area contributed by atoms with Crippen molar-refractivity contribution in [3.63, 3.8) is 0 Å². The maximum absolute atomic E-state index is 7.95. The van der Waals surface area contributed by atoms with Gasteiger partial charge in [0.2, 0.25) is 0 Å². The molecular formula is C22H54N2P3RhSi-. The Morgan fingerprint density at radius 2 is 0.724 bits per heavy atom. The molecule has 0 saturated carbocycles. The zero-order chi connectivity index (χ0) is 23.0. The fraction of sp³-hybridized carbons (Fsp3) is 0.955. The fourth-order valence-corrected chi connectivity index (χ4v) is 6.49. The van der Waals surface area contributed by atoms with E-state index in [2.05, 4.69) is 72.9 Å². The zero-order valence-corrected chi connectivity index (χ0v) is 27.3. The van der Waals surface area contributed by atoms with Gasteiger partial charge in [-0.1, -0.05) is 87.8 Å². The van der Waals surface area contributed by atoms with Crippen LogP contribution >= 0.6 is 23.8 Å². The maximum Gasteiger partial charge on any atom is 0 e. The molecule has 0 rings (SSSR count). The van der Waals surface area contributed by atoms with Gasteiger partial charge in [-0.3, -0.25) is 0 Å². The van der Waals surface area contributed by atoms with Crippen molar-refractivity contribution in [1.82, 2.24) is 0 Å². The van der Waals surface area contributed by atoms with Gasteiger partial charge in [-0.2, -0.15) is 0 Å². The van der Waals surface area contributed by atoms with Crippen LogP contribution in [0.25, 0.3) is 5.53 Å². The summed E-state index contributed by atoms with van der Waals surface area (Å²) in [5.74, 6) is 2.60. The second-order valence-corrected chi connectivity index (χ2v) is 21.8. The monoisotopic (exact) mass is 570 g/mol. The first-order valence-electron chi connectivity index (χ1n) is 11.4. The molecule has 0 aliphatic heterocycles. The van der Waals surface area contributed by atoms with Crippen LogP contribution in [0, 0.1) is 0 Å². The van der Waals surface area contributed by atoms with E-state index in [1.807, 2.05) is 19.6 Å². The van der Waals surface area contributed by atoms with Crippen LogP contribution in [-0.4, -0.2) is 74.2 Å². The summed E-state index contributed by atoms with van der Waals surface area (Å²) in [7, 11) is 0.0141. The smallest absolute Gasteiger partial charge is 0 e. The van der Waals surface area contributed by atoms with E-state index in [-0.39, 0.29) is 19.5 Å². The summed E-state index contributed by atoms with van der Waals surface area (Å²) in [5.41, 5.74) is 7.95. The quantitative estimate of drug-likeness (QED) is 0.0630. The van der Waals surface area contributed by atoms with E-state index in [1.165, 1.54) is 55.5 Å². The van der Waals surface area contributed by atoms with Crippen LogP contribution in [0.5, 0.6) is 0 Å². The molecule has 181 valence electrons. The van der Waals surface area contributed by atoms with E-state index in [0.29, 0.717) is 23.8 Å². The summed E-state index contributed by atoms with van der Waals surface area (Å²) in [4.78, 5) is 2.82. The number of nitrogens with zero attached hydrogens (tertiary/aromatic N) is 2. The maximum atomic E-state index is 7.95. The third kappa shape index (κ3) is 40.4. The minimum Gasteiger partial charge on any atom is -0.408 e. The predicted molar refractivity (Wildman–Crippen MR) is 148 cm³/mol. The molecule has 0 amide bonds. The van der Waals surface area contributed by atoms with Crippen molar-refractivity contribution in [2.75, 3.05) is 55.5 Å². The van der Waals surface area contributed by atoms with Gasteiger partial charge in [-0.05, 0) is 63.5 Å². The molecule has 7 heteroatoms. The third-order valence-corrected chi connectivity index (χ3v) is 13.2. The minimum atomic E-state index is -1.32. The van der Waals surface area contributed by atoms with Crippen molar-refractivity contribution in [3.05, 3.63) is 5.53 Å².